The molecule has 0 bridgehead atoms. The molecule has 0 aliphatic carbocycles. The standard InChI is InChI=1S/C5H7NO4/c1-5(2)3(7)6(9)4(8)10-5/h9H,1-2H3. The molecule has 1 aliphatic rings. The predicted octanol–water partition coefficient (Wildman–Crippen LogP) is 0.133. The number of carbonyl (C=O) groups is 2. The summed E-state index contributed by atoms with van der Waals surface area (Å²) >= 11 is 0. The summed E-state index contributed by atoms with van der Waals surface area (Å²) < 4.78 is 4.46. The third kappa shape index (κ3) is 0.750. The summed E-state index contributed by atoms with van der Waals surface area (Å²) in [5.41, 5.74) is -1.22. The van der Waals surface area contributed by atoms with Crippen molar-refractivity contribution in [3.05, 3.63) is 0 Å². The van der Waals surface area contributed by atoms with Crippen LogP contribution in [0.4, 0.5) is 4.79 Å². The van der Waals surface area contributed by atoms with Crippen molar-refractivity contribution in [3.63, 3.8) is 0 Å². The van der Waals surface area contributed by atoms with Crippen molar-refractivity contribution in [2.45, 2.75) is 19.4 Å². The molecule has 0 unspecified atom stereocenters. The number of carbonyl (C=O) groups excluding carboxylic acids is 2. The van der Waals surface area contributed by atoms with Gasteiger partial charge >= 0.3 is 6.09 Å². The highest BCUT2D eigenvalue weighted by atomic mass is 16.7. The van der Waals surface area contributed by atoms with Crippen LogP contribution < -0.4 is 0 Å². The minimum atomic E-state index is -1.22. The molecule has 5 nitrogen and oxygen atoms in total. The van der Waals surface area contributed by atoms with E-state index in [0.29, 0.717) is 0 Å². The molecule has 0 aromatic heterocycles. The molecule has 1 saturated heterocycles. The number of hydrogen-bond acceptors (Lipinski definition) is 4. The molecule has 0 atom stereocenters. The van der Waals surface area contributed by atoms with E-state index in [1.54, 1.807) is 0 Å². The maximum absolute atomic E-state index is 10.8. The topological polar surface area (TPSA) is 66.8 Å². The van der Waals surface area contributed by atoms with Gasteiger partial charge < -0.3 is 4.74 Å². The second-order valence-corrected chi connectivity index (χ2v) is 2.50. The lowest BCUT2D eigenvalue weighted by Gasteiger charge is -2.09. The zero-order valence-electron chi connectivity index (χ0n) is 5.62. The number of cyclic esters (lactones) is 1. The van der Waals surface area contributed by atoms with Crippen molar-refractivity contribution in [2.75, 3.05) is 0 Å². The van der Waals surface area contributed by atoms with Crippen molar-refractivity contribution in [3.8, 4) is 0 Å². The van der Waals surface area contributed by atoms with E-state index < -0.39 is 17.6 Å². The van der Waals surface area contributed by atoms with Gasteiger partial charge in [-0.25, -0.2) is 4.79 Å². The first-order valence-corrected chi connectivity index (χ1v) is 2.71. The highest BCUT2D eigenvalue weighted by molar-refractivity contribution is 6.00. The van der Waals surface area contributed by atoms with Crippen molar-refractivity contribution in [1.82, 2.24) is 5.06 Å². The van der Waals surface area contributed by atoms with E-state index in [2.05, 4.69) is 4.74 Å². The Balaban J connectivity index is 2.92. The second-order valence-electron chi connectivity index (χ2n) is 2.50. The maximum Gasteiger partial charge on any atom is 0.442 e. The van der Waals surface area contributed by atoms with E-state index in [1.807, 2.05) is 0 Å². The summed E-state index contributed by atoms with van der Waals surface area (Å²) in [6.07, 6.45) is -1.02. The molecule has 1 fully saturated rings. The van der Waals surface area contributed by atoms with Crippen molar-refractivity contribution < 1.29 is 19.5 Å². The second kappa shape index (κ2) is 1.69. The van der Waals surface area contributed by atoms with Crippen LogP contribution in [-0.4, -0.2) is 27.9 Å². The Labute approximate surface area is 57.1 Å². The van der Waals surface area contributed by atoms with Crippen LogP contribution >= 0.6 is 0 Å². The quantitative estimate of drug-likeness (QED) is 0.492. The molecule has 0 spiro atoms. The lowest BCUT2D eigenvalue weighted by molar-refractivity contribution is -0.152. The van der Waals surface area contributed by atoms with Gasteiger partial charge in [-0.05, 0) is 13.8 Å². The summed E-state index contributed by atoms with van der Waals surface area (Å²) in [6.45, 7) is 2.81. The molecule has 1 rings (SSSR count). The van der Waals surface area contributed by atoms with Gasteiger partial charge in [0.1, 0.15) is 0 Å². The Kier molecular flexibility index (Phi) is 1.19. The monoisotopic (exact) mass is 145 g/mol. The predicted molar refractivity (Wildman–Crippen MR) is 29.2 cm³/mol. The zero-order chi connectivity index (χ0) is 7.94. The van der Waals surface area contributed by atoms with Gasteiger partial charge in [-0.3, -0.25) is 10.0 Å². The van der Waals surface area contributed by atoms with Crippen LogP contribution in [0.15, 0.2) is 0 Å². The Bertz CT molecular complexity index is 198. The van der Waals surface area contributed by atoms with Gasteiger partial charge in [-0.2, -0.15) is 0 Å². The third-order valence-electron chi connectivity index (χ3n) is 1.22. The summed E-state index contributed by atoms with van der Waals surface area (Å²) in [4.78, 5) is 21.2. The Morgan fingerprint density at radius 2 is 2.00 bits per heavy atom. The van der Waals surface area contributed by atoms with Crippen molar-refractivity contribution in [2.24, 2.45) is 0 Å². The fraction of sp³-hybridized carbons (Fsp3) is 0.600. The average Bonchev–Trinajstić information content (AvgIpc) is 1.95. The molecule has 1 aliphatic heterocycles. The van der Waals surface area contributed by atoms with Crippen LogP contribution in [-0.2, 0) is 9.53 Å². The number of amides is 2. The first kappa shape index (κ1) is 7.01. The normalized spacial score (nSPS) is 23.3. The van der Waals surface area contributed by atoms with Gasteiger partial charge in [0.25, 0.3) is 5.91 Å². The van der Waals surface area contributed by atoms with E-state index in [9.17, 15) is 9.59 Å². The van der Waals surface area contributed by atoms with Crippen LogP contribution in [0.3, 0.4) is 0 Å². The summed E-state index contributed by atoms with van der Waals surface area (Å²) in [5.74, 6) is -0.738. The first-order chi connectivity index (χ1) is 4.45. The Morgan fingerprint density at radius 3 is 2.10 bits per heavy atom. The minimum absolute atomic E-state index is 0.0278. The molecule has 56 valence electrons. The molecule has 1 N–H and O–H groups in total. The van der Waals surface area contributed by atoms with E-state index in [0.717, 1.165) is 0 Å². The smallest absolute Gasteiger partial charge is 0.431 e. The average molecular weight is 145 g/mol. The van der Waals surface area contributed by atoms with Crippen LogP contribution in [0.1, 0.15) is 13.8 Å². The largest absolute Gasteiger partial charge is 0.442 e. The molecule has 0 radical (unpaired) electrons. The van der Waals surface area contributed by atoms with Crippen LogP contribution in [0.5, 0.6) is 0 Å². The van der Waals surface area contributed by atoms with Crippen molar-refractivity contribution in [1.29, 1.82) is 0 Å². The van der Waals surface area contributed by atoms with E-state index in [-0.39, 0.29) is 5.06 Å². The van der Waals surface area contributed by atoms with Gasteiger partial charge in [0.2, 0.25) is 0 Å². The molecule has 0 saturated carbocycles. The summed E-state index contributed by atoms with van der Waals surface area (Å²) in [5, 5.41) is 8.58. The third-order valence-corrected chi connectivity index (χ3v) is 1.22. The number of imide groups is 1. The molecule has 0 aromatic rings. The maximum atomic E-state index is 10.8. The first-order valence-electron chi connectivity index (χ1n) is 2.71. The van der Waals surface area contributed by atoms with Crippen LogP contribution in [0.2, 0.25) is 0 Å². The van der Waals surface area contributed by atoms with Gasteiger partial charge in [0.05, 0.1) is 0 Å². The van der Waals surface area contributed by atoms with Crippen LogP contribution in [0.25, 0.3) is 0 Å². The van der Waals surface area contributed by atoms with Gasteiger partial charge in [0.15, 0.2) is 5.60 Å². The van der Waals surface area contributed by atoms with Crippen LogP contribution in [0, 0.1) is 0 Å². The number of hydrogen-bond donors (Lipinski definition) is 1. The molecule has 10 heavy (non-hydrogen) atoms. The van der Waals surface area contributed by atoms with E-state index in [4.69, 9.17) is 5.21 Å². The highest BCUT2D eigenvalue weighted by Crippen LogP contribution is 2.20. The zero-order valence-corrected chi connectivity index (χ0v) is 5.62. The number of rotatable bonds is 0. The van der Waals surface area contributed by atoms with Gasteiger partial charge in [-0.15, -0.1) is 5.06 Å². The fourth-order valence-electron chi connectivity index (χ4n) is 0.643. The molecular weight excluding hydrogens is 138 g/mol. The number of nitrogens with zero attached hydrogens (tertiary/aromatic N) is 1. The molecule has 5 heteroatoms. The molecular formula is C5H7NO4. The van der Waals surface area contributed by atoms with Crippen molar-refractivity contribution >= 4 is 12.0 Å². The lowest BCUT2D eigenvalue weighted by atomic mass is 10.1. The van der Waals surface area contributed by atoms with Gasteiger partial charge in [0, 0.05) is 0 Å². The molecule has 1 heterocycles. The summed E-state index contributed by atoms with van der Waals surface area (Å²) in [6, 6.07) is 0. The minimum Gasteiger partial charge on any atom is -0.431 e. The van der Waals surface area contributed by atoms with E-state index in [1.165, 1.54) is 13.8 Å². The number of ether oxygens (including phenoxy) is 1. The molecule has 2 amide bonds. The fourth-order valence-corrected chi connectivity index (χ4v) is 0.643. The van der Waals surface area contributed by atoms with E-state index >= 15 is 0 Å². The van der Waals surface area contributed by atoms with Gasteiger partial charge in [-0.1, -0.05) is 0 Å². The SMILES string of the molecule is CC1(C)OC(=O)N(O)C1=O. The lowest BCUT2D eigenvalue weighted by Crippen LogP contribution is -2.33. The number of hydroxylamine groups is 2. The summed E-state index contributed by atoms with van der Waals surface area (Å²) in [7, 11) is 0. The Morgan fingerprint density at radius 1 is 1.50 bits per heavy atom. The highest BCUT2D eigenvalue weighted by Gasteiger charge is 2.46. The molecule has 0 aromatic carbocycles. The Hall–Kier alpha value is -1.10.